The molecule has 90 valence electrons. The molecule has 0 bridgehead atoms. The summed E-state index contributed by atoms with van der Waals surface area (Å²) >= 11 is 0. The van der Waals surface area contributed by atoms with E-state index in [4.69, 9.17) is 4.74 Å². The second kappa shape index (κ2) is 5.99. The van der Waals surface area contributed by atoms with E-state index >= 15 is 0 Å². The summed E-state index contributed by atoms with van der Waals surface area (Å²) in [6.07, 6.45) is 0.940. The second-order valence-electron chi connectivity index (χ2n) is 4.52. The summed E-state index contributed by atoms with van der Waals surface area (Å²) in [5.74, 6) is 0.557. The minimum absolute atomic E-state index is 0.162. The molecule has 3 heteroatoms. The van der Waals surface area contributed by atoms with Gasteiger partial charge in [-0.2, -0.15) is 0 Å². The van der Waals surface area contributed by atoms with Gasteiger partial charge in [-0.3, -0.25) is 0 Å². The molecule has 1 amide bonds. The molecule has 0 aromatic carbocycles. The summed E-state index contributed by atoms with van der Waals surface area (Å²) in [6, 6.07) is 0. The zero-order valence-electron chi connectivity index (χ0n) is 11.0. The van der Waals surface area contributed by atoms with Gasteiger partial charge >= 0.3 is 6.09 Å². The van der Waals surface area contributed by atoms with Crippen molar-refractivity contribution in [3.63, 3.8) is 0 Å². The van der Waals surface area contributed by atoms with E-state index in [2.05, 4.69) is 13.8 Å². The Morgan fingerprint density at radius 2 is 2.00 bits per heavy atom. The fraction of sp³-hybridized carbons (Fsp3) is 0.917. The van der Waals surface area contributed by atoms with E-state index in [1.54, 1.807) is 4.90 Å². The predicted octanol–water partition coefficient (Wildman–Crippen LogP) is 3.29. The van der Waals surface area contributed by atoms with Gasteiger partial charge in [-0.1, -0.05) is 34.1 Å². The Kier molecular flexibility index (Phi) is 5.69. The normalized spacial score (nSPS) is 20.4. The number of nitrogens with zero attached hydrogens (tertiary/aromatic N) is 1. The lowest BCUT2D eigenvalue weighted by Crippen LogP contribution is -2.31. The van der Waals surface area contributed by atoms with Crippen LogP contribution in [0.4, 0.5) is 4.79 Å². The molecule has 15 heavy (non-hydrogen) atoms. The minimum Gasteiger partial charge on any atom is -0.441 e. The number of carbonyl (C=O) groups is 1. The van der Waals surface area contributed by atoms with Gasteiger partial charge in [0.2, 0.25) is 0 Å². The summed E-state index contributed by atoms with van der Waals surface area (Å²) in [5.41, 5.74) is -0.301. The summed E-state index contributed by atoms with van der Waals surface area (Å²) in [5, 5.41) is 0. The molecule has 3 nitrogen and oxygen atoms in total. The Bertz CT molecular complexity index is 202. The first-order chi connectivity index (χ1) is 6.94. The van der Waals surface area contributed by atoms with E-state index in [0.717, 1.165) is 19.5 Å². The molecule has 1 heterocycles. The molecule has 0 aromatic rings. The molecule has 0 aromatic heterocycles. The molecule has 1 aliphatic heterocycles. The Morgan fingerprint density at radius 1 is 1.47 bits per heavy atom. The van der Waals surface area contributed by atoms with Crippen molar-refractivity contribution in [3.8, 4) is 0 Å². The van der Waals surface area contributed by atoms with Crippen molar-refractivity contribution in [2.75, 3.05) is 13.1 Å². The summed E-state index contributed by atoms with van der Waals surface area (Å²) in [6.45, 7) is 13.7. The third-order valence-corrected chi connectivity index (χ3v) is 2.42. The van der Waals surface area contributed by atoms with Gasteiger partial charge in [-0.15, -0.1) is 0 Å². The third kappa shape index (κ3) is 4.54. The molecule has 1 saturated heterocycles. The lowest BCUT2D eigenvalue weighted by molar-refractivity contribution is 0.0857. The second-order valence-corrected chi connectivity index (χ2v) is 4.52. The first-order valence-electron chi connectivity index (χ1n) is 5.92. The van der Waals surface area contributed by atoms with Crippen molar-refractivity contribution in [2.24, 2.45) is 5.92 Å². The average Bonchev–Trinajstić information content (AvgIpc) is 2.43. The van der Waals surface area contributed by atoms with Crippen LogP contribution in [0.2, 0.25) is 0 Å². The van der Waals surface area contributed by atoms with E-state index in [-0.39, 0.29) is 11.7 Å². The largest absolute Gasteiger partial charge is 0.441 e. The van der Waals surface area contributed by atoms with Gasteiger partial charge in [0.25, 0.3) is 0 Å². The first-order valence-corrected chi connectivity index (χ1v) is 5.92. The lowest BCUT2D eigenvalue weighted by Gasteiger charge is -2.18. The summed E-state index contributed by atoms with van der Waals surface area (Å²) < 4.78 is 5.19. The van der Waals surface area contributed by atoms with E-state index in [9.17, 15) is 4.79 Å². The molecule has 0 saturated carbocycles. The van der Waals surface area contributed by atoms with E-state index in [1.165, 1.54) is 0 Å². The van der Waals surface area contributed by atoms with Crippen molar-refractivity contribution in [2.45, 2.75) is 53.6 Å². The fourth-order valence-electron chi connectivity index (χ4n) is 1.50. The van der Waals surface area contributed by atoms with Crippen molar-refractivity contribution < 1.29 is 9.53 Å². The average molecular weight is 215 g/mol. The number of hydrogen-bond acceptors (Lipinski definition) is 2. The monoisotopic (exact) mass is 215 g/mol. The fourth-order valence-corrected chi connectivity index (χ4v) is 1.50. The Hall–Kier alpha value is -0.730. The highest BCUT2D eigenvalue weighted by Gasteiger charge is 2.37. The third-order valence-electron chi connectivity index (χ3n) is 2.42. The van der Waals surface area contributed by atoms with E-state index in [1.807, 2.05) is 27.7 Å². The molecule has 1 atom stereocenters. The Morgan fingerprint density at radius 3 is 2.33 bits per heavy atom. The maximum absolute atomic E-state index is 11.3. The van der Waals surface area contributed by atoms with Crippen molar-refractivity contribution >= 4 is 6.09 Å². The van der Waals surface area contributed by atoms with E-state index < -0.39 is 0 Å². The van der Waals surface area contributed by atoms with Gasteiger partial charge < -0.3 is 9.64 Å². The Balaban J connectivity index is 0.000000921. The SMILES string of the molecule is CC.CCC(C)CN1CC(C)(C)OC1=O. The van der Waals surface area contributed by atoms with Gasteiger partial charge in [0.1, 0.15) is 5.60 Å². The van der Waals surface area contributed by atoms with Crippen molar-refractivity contribution in [1.29, 1.82) is 0 Å². The topological polar surface area (TPSA) is 29.5 Å². The van der Waals surface area contributed by atoms with Crippen LogP contribution in [0.3, 0.4) is 0 Å². The molecule has 0 spiro atoms. The number of hydrogen-bond donors (Lipinski definition) is 0. The van der Waals surface area contributed by atoms with E-state index in [0.29, 0.717) is 5.92 Å². The zero-order valence-corrected chi connectivity index (χ0v) is 11.0. The highest BCUT2D eigenvalue weighted by Crippen LogP contribution is 2.22. The van der Waals surface area contributed by atoms with Crippen LogP contribution in [0, 0.1) is 5.92 Å². The smallest absolute Gasteiger partial charge is 0.410 e. The predicted molar refractivity (Wildman–Crippen MR) is 62.9 cm³/mol. The van der Waals surface area contributed by atoms with Crippen LogP contribution in [0.15, 0.2) is 0 Å². The number of cyclic esters (lactones) is 1. The maximum atomic E-state index is 11.3. The van der Waals surface area contributed by atoms with Gasteiger partial charge in [0.15, 0.2) is 0 Å². The van der Waals surface area contributed by atoms with Gasteiger partial charge in [0, 0.05) is 6.54 Å². The van der Waals surface area contributed by atoms with Crippen LogP contribution >= 0.6 is 0 Å². The Labute approximate surface area is 93.8 Å². The standard InChI is InChI=1S/C10H19NO2.C2H6/c1-5-8(2)6-11-7-10(3,4)13-9(11)12;1-2/h8H,5-7H2,1-4H3;1-2H3. The minimum atomic E-state index is -0.301. The number of carbonyl (C=O) groups excluding carboxylic acids is 1. The zero-order chi connectivity index (χ0) is 12.1. The van der Waals surface area contributed by atoms with Crippen molar-refractivity contribution in [1.82, 2.24) is 4.90 Å². The van der Waals surface area contributed by atoms with Crippen LogP contribution in [0.5, 0.6) is 0 Å². The molecule has 1 rings (SSSR count). The van der Waals surface area contributed by atoms with Gasteiger partial charge in [0.05, 0.1) is 6.54 Å². The maximum Gasteiger partial charge on any atom is 0.410 e. The summed E-state index contributed by atoms with van der Waals surface area (Å²) in [7, 11) is 0. The van der Waals surface area contributed by atoms with Crippen LogP contribution in [0.1, 0.15) is 48.0 Å². The van der Waals surface area contributed by atoms with Crippen LogP contribution in [-0.2, 0) is 4.74 Å². The quantitative estimate of drug-likeness (QED) is 0.723. The van der Waals surface area contributed by atoms with Crippen molar-refractivity contribution in [3.05, 3.63) is 0 Å². The molecule has 1 aliphatic rings. The molecule has 1 fully saturated rings. The number of amides is 1. The molecular weight excluding hydrogens is 190 g/mol. The highest BCUT2D eigenvalue weighted by molar-refractivity contribution is 5.70. The number of rotatable bonds is 3. The summed E-state index contributed by atoms with van der Waals surface area (Å²) in [4.78, 5) is 13.1. The molecule has 1 unspecified atom stereocenters. The molecule has 0 radical (unpaired) electrons. The van der Waals surface area contributed by atoms with Gasteiger partial charge in [-0.05, 0) is 19.8 Å². The van der Waals surface area contributed by atoms with Crippen LogP contribution in [0.25, 0.3) is 0 Å². The molecular formula is C12H25NO2. The first kappa shape index (κ1) is 14.3. The lowest BCUT2D eigenvalue weighted by atomic mass is 10.1. The van der Waals surface area contributed by atoms with Gasteiger partial charge in [-0.25, -0.2) is 4.79 Å². The molecule has 0 N–H and O–H groups in total. The highest BCUT2D eigenvalue weighted by atomic mass is 16.6. The van der Waals surface area contributed by atoms with Crippen LogP contribution in [-0.4, -0.2) is 29.7 Å². The number of ether oxygens (including phenoxy) is 1. The molecule has 0 aliphatic carbocycles. The van der Waals surface area contributed by atoms with Crippen LogP contribution < -0.4 is 0 Å².